The average Bonchev–Trinajstić information content (AvgIpc) is 2.81. The molecule has 1 fully saturated rings. The van der Waals surface area contributed by atoms with Crippen LogP contribution >= 0.6 is 0 Å². The summed E-state index contributed by atoms with van der Waals surface area (Å²) in [7, 11) is 0. The molecule has 1 saturated heterocycles. The molecule has 0 aliphatic carbocycles. The topological polar surface area (TPSA) is 46.6 Å². The molecule has 0 aromatic heterocycles. The summed E-state index contributed by atoms with van der Waals surface area (Å²) >= 11 is 0. The standard InChI is InChI=1S/C15H15NO3/c17-11-7-2-1-6-10-16-14(12-19-15(16)18)13-8-4-3-5-9-13/h3-5,8-9,11,14H,1-2,7,12H2/t14-/m0/s1. The number of carbonyl (C=O) groups is 2. The van der Waals surface area contributed by atoms with Crippen molar-refractivity contribution in [3.63, 3.8) is 0 Å². The van der Waals surface area contributed by atoms with Gasteiger partial charge in [-0.3, -0.25) is 0 Å². The summed E-state index contributed by atoms with van der Waals surface area (Å²) in [6.07, 6.45) is 2.29. The molecule has 0 radical (unpaired) electrons. The number of benzene rings is 1. The van der Waals surface area contributed by atoms with Crippen molar-refractivity contribution in [1.82, 2.24) is 4.90 Å². The van der Waals surface area contributed by atoms with E-state index in [9.17, 15) is 9.59 Å². The molecule has 0 saturated carbocycles. The zero-order chi connectivity index (χ0) is 13.5. The maximum absolute atomic E-state index is 11.6. The van der Waals surface area contributed by atoms with E-state index in [1.165, 1.54) is 4.90 Å². The lowest BCUT2D eigenvalue weighted by atomic mass is 10.1. The van der Waals surface area contributed by atoms with Crippen LogP contribution in [0.4, 0.5) is 4.79 Å². The molecule has 1 aromatic carbocycles. The number of rotatable bonds is 4. The Labute approximate surface area is 112 Å². The Morgan fingerprint density at radius 1 is 1.37 bits per heavy atom. The molecule has 1 amide bonds. The van der Waals surface area contributed by atoms with Crippen molar-refractivity contribution in [2.45, 2.75) is 25.3 Å². The van der Waals surface area contributed by atoms with Crippen molar-refractivity contribution < 1.29 is 14.3 Å². The van der Waals surface area contributed by atoms with Crippen LogP contribution in [0.2, 0.25) is 0 Å². The molecule has 1 heterocycles. The van der Waals surface area contributed by atoms with Crippen LogP contribution in [0.5, 0.6) is 0 Å². The number of hydrogen-bond acceptors (Lipinski definition) is 3. The number of hydrogen-bond donors (Lipinski definition) is 0. The number of ether oxygens (including phenoxy) is 1. The van der Waals surface area contributed by atoms with E-state index in [0.717, 1.165) is 18.3 Å². The van der Waals surface area contributed by atoms with Crippen LogP contribution in [0.25, 0.3) is 0 Å². The highest BCUT2D eigenvalue weighted by atomic mass is 16.6. The van der Waals surface area contributed by atoms with E-state index in [1.54, 1.807) is 0 Å². The van der Waals surface area contributed by atoms with Gasteiger partial charge in [-0.25, -0.2) is 9.69 Å². The van der Waals surface area contributed by atoms with E-state index >= 15 is 0 Å². The van der Waals surface area contributed by atoms with Crippen LogP contribution in [0.1, 0.15) is 30.9 Å². The SMILES string of the molecule is O=CCCCC#CN1C(=O)OC[C@H]1c1ccccc1. The molecular weight excluding hydrogens is 242 g/mol. The van der Waals surface area contributed by atoms with Crippen LogP contribution in [-0.4, -0.2) is 23.9 Å². The second kappa shape index (κ2) is 6.60. The zero-order valence-electron chi connectivity index (χ0n) is 10.5. The number of amides is 1. The van der Waals surface area contributed by atoms with Gasteiger partial charge in [0.2, 0.25) is 0 Å². The highest BCUT2D eigenvalue weighted by Gasteiger charge is 2.33. The molecule has 19 heavy (non-hydrogen) atoms. The lowest BCUT2D eigenvalue weighted by Gasteiger charge is -2.14. The molecule has 1 aromatic rings. The van der Waals surface area contributed by atoms with Gasteiger partial charge < -0.3 is 9.53 Å². The lowest BCUT2D eigenvalue weighted by molar-refractivity contribution is -0.107. The molecule has 2 rings (SSSR count). The Balaban J connectivity index is 2.04. The molecule has 0 spiro atoms. The number of aldehydes is 1. The molecule has 0 N–H and O–H groups in total. The normalized spacial score (nSPS) is 17.6. The summed E-state index contributed by atoms with van der Waals surface area (Å²) in [4.78, 5) is 23.2. The van der Waals surface area contributed by atoms with Crippen LogP contribution in [0, 0.1) is 12.0 Å². The summed E-state index contributed by atoms with van der Waals surface area (Å²) in [5, 5.41) is 0. The highest BCUT2D eigenvalue weighted by molar-refractivity contribution is 5.72. The molecule has 4 nitrogen and oxygen atoms in total. The Bertz CT molecular complexity index is 501. The van der Waals surface area contributed by atoms with Crippen molar-refractivity contribution in [2.24, 2.45) is 0 Å². The van der Waals surface area contributed by atoms with Crippen LogP contribution < -0.4 is 0 Å². The minimum Gasteiger partial charge on any atom is -0.446 e. The molecule has 0 bridgehead atoms. The lowest BCUT2D eigenvalue weighted by Crippen LogP contribution is -2.22. The zero-order valence-corrected chi connectivity index (χ0v) is 10.5. The number of nitrogens with zero attached hydrogens (tertiary/aromatic N) is 1. The molecule has 1 atom stereocenters. The fourth-order valence-corrected chi connectivity index (χ4v) is 1.88. The fourth-order valence-electron chi connectivity index (χ4n) is 1.88. The van der Waals surface area contributed by atoms with Crippen LogP contribution in [-0.2, 0) is 9.53 Å². The maximum atomic E-state index is 11.6. The largest absolute Gasteiger partial charge is 0.446 e. The van der Waals surface area contributed by atoms with Gasteiger partial charge in [0.25, 0.3) is 0 Å². The predicted molar refractivity (Wildman–Crippen MR) is 70.1 cm³/mol. The van der Waals surface area contributed by atoms with E-state index in [0.29, 0.717) is 19.4 Å². The second-order valence-electron chi connectivity index (χ2n) is 4.22. The first kappa shape index (κ1) is 13.2. The number of unbranched alkanes of at least 4 members (excludes halogenated alkanes) is 2. The Kier molecular flexibility index (Phi) is 4.57. The van der Waals surface area contributed by atoms with Gasteiger partial charge in [-0.1, -0.05) is 36.3 Å². The van der Waals surface area contributed by atoms with Gasteiger partial charge in [0.05, 0.1) is 0 Å². The third-order valence-electron chi connectivity index (χ3n) is 2.88. The molecule has 1 aliphatic rings. The fraction of sp³-hybridized carbons (Fsp3) is 0.333. The van der Waals surface area contributed by atoms with E-state index in [-0.39, 0.29) is 6.04 Å². The summed E-state index contributed by atoms with van der Waals surface area (Å²) in [6, 6.07) is 12.4. The first-order chi connectivity index (χ1) is 9.33. The van der Waals surface area contributed by atoms with Gasteiger partial charge in [0, 0.05) is 18.9 Å². The minimum absolute atomic E-state index is 0.146. The average molecular weight is 257 g/mol. The van der Waals surface area contributed by atoms with Gasteiger partial charge >= 0.3 is 6.09 Å². The van der Waals surface area contributed by atoms with Crippen LogP contribution in [0.15, 0.2) is 30.3 Å². The third-order valence-corrected chi connectivity index (χ3v) is 2.88. The summed E-state index contributed by atoms with van der Waals surface area (Å²) < 4.78 is 5.04. The van der Waals surface area contributed by atoms with E-state index in [2.05, 4.69) is 12.0 Å². The van der Waals surface area contributed by atoms with Crippen molar-refractivity contribution >= 4 is 12.4 Å². The van der Waals surface area contributed by atoms with E-state index in [4.69, 9.17) is 4.74 Å². The molecule has 0 unspecified atom stereocenters. The van der Waals surface area contributed by atoms with Crippen molar-refractivity contribution in [1.29, 1.82) is 0 Å². The van der Waals surface area contributed by atoms with Crippen LogP contribution in [0.3, 0.4) is 0 Å². The second-order valence-corrected chi connectivity index (χ2v) is 4.22. The van der Waals surface area contributed by atoms with Crippen molar-refractivity contribution in [3.05, 3.63) is 35.9 Å². The third kappa shape index (κ3) is 3.35. The smallest absolute Gasteiger partial charge is 0.422 e. The quantitative estimate of drug-likeness (QED) is 0.473. The first-order valence-electron chi connectivity index (χ1n) is 6.26. The Hall–Kier alpha value is -2.28. The first-order valence-corrected chi connectivity index (χ1v) is 6.26. The van der Waals surface area contributed by atoms with Crippen molar-refractivity contribution in [3.8, 4) is 12.0 Å². The minimum atomic E-state index is -0.406. The predicted octanol–water partition coefficient (Wildman–Crippen LogP) is 2.51. The molecule has 98 valence electrons. The summed E-state index contributed by atoms with van der Waals surface area (Å²) in [5.41, 5.74) is 1.01. The van der Waals surface area contributed by atoms with E-state index < -0.39 is 6.09 Å². The molecule has 1 aliphatic heterocycles. The van der Waals surface area contributed by atoms with Gasteiger partial charge in [-0.05, 0) is 12.0 Å². The number of cyclic esters (lactones) is 1. The van der Waals surface area contributed by atoms with Crippen molar-refractivity contribution in [2.75, 3.05) is 6.61 Å². The van der Waals surface area contributed by atoms with Gasteiger partial charge in [0.1, 0.15) is 18.9 Å². The maximum Gasteiger partial charge on any atom is 0.422 e. The number of carbonyl (C=O) groups excluding carboxylic acids is 2. The highest BCUT2D eigenvalue weighted by Crippen LogP contribution is 2.26. The van der Waals surface area contributed by atoms with E-state index in [1.807, 2.05) is 30.3 Å². The summed E-state index contributed by atoms with van der Waals surface area (Å²) in [5.74, 6) is 2.91. The summed E-state index contributed by atoms with van der Waals surface area (Å²) in [6.45, 7) is 0.325. The van der Waals surface area contributed by atoms with Gasteiger partial charge in [0.15, 0.2) is 0 Å². The molecule has 4 heteroatoms. The monoisotopic (exact) mass is 257 g/mol. The van der Waals surface area contributed by atoms with Gasteiger partial charge in [-0.2, -0.15) is 0 Å². The Morgan fingerprint density at radius 3 is 2.89 bits per heavy atom. The Morgan fingerprint density at radius 2 is 2.16 bits per heavy atom. The molecular formula is C15H15NO3. The van der Waals surface area contributed by atoms with Gasteiger partial charge in [-0.15, -0.1) is 0 Å².